The van der Waals surface area contributed by atoms with Gasteiger partial charge in [0.2, 0.25) is 0 Å². The number of carbonyl (C=O) groups is 1. The van der Waals surface area contributed by atoms with Crippen LogP contribution >= 0.6 is 12.4 Å². The van der Waals surface area contributed by atoms with Crippen LogP contribution in [0.15, 0.2) is 12.5 Å². The van der Waals surface area contributed by atoms with Gasteiger partial charge in [0.1, 0.15) is 0 Å². The molecule has 0 aliphatic rings. The van der Waals surface area contributed by atoms with E-state index < -0.39 is 5.97 Å². The van der Waals surface area contributed by atoms with Crippen LogP contribution in [0.4, 0.5) is 0 Å². The zero-order valence-corrected chi connectivity index (χ0v) is 8.34. The Morgan fingerprint density at radius 3 is 2.62 bits per heavy atom. The highest BCUT2D eigenvalue weighted by molar-refractivity contribution is 5.85. The molecule has 0 spiro atoms. The van der Waals surface area contributed by atoms with Crippen LogP contribution in [0.5, 0.6) is 0 Å². The Kier molecular flexibility index (Phi) is 4.48. The Morgan fingerprint density at radius 2 is 2.23 bits per heavy atom. The van der Waals surface area contributed by atoms with Crippen molar-refractivity contribution in [1.82, 2.24) is 9.97 Å². The Bertz CT molecular complexity index is 261. The summed E-state index contributed by atoms with van der Waals surface area (Å²) >= 11 is 0. The number of rotatable bonds is 3. The highest BCUT2D eigenvalue weighted by atomic mass is 35.5. The fourth-order valence-corrected chi connectivity index (χ4v) is 0.999. The highest BCUT2D eigenvalue weighted by Crippen LogP contribution is 2.21. The molecule has 2 N–H and O–H groups in total. The summed E-state index contributed by atoms with van der Waals surface area (Å²) in [7, 11) is 0. The lowest BCUT2D eigenvalue weighted by Gasteiger charge is -2.13. The molecule has 4 nitrogen and oxygen atoms in total. The summed E-state index contributed by atoms with van der Waals surface area (Å²) in [6.07, 6.45) is 3.21. The normalized spacial score (nSPS) is 14.3. The molecule has 0 fully saturated rings. The number of aromatic nitrogens is 2. The van der Waals surface area contributed by atoms with Crippen molar-refractivity contribution in [3.63, 3.8) is 0 Å². The minimum atomic E-state index is -0.780. The van der Waals surface area contributed by atoms with Crippen molar-refractivity contribution >= 4 is 18.4 Å². The minimum absolute atomic E-state index is 0. The third-order valence-electron chi connectivity index (χ3n) is 2.15. The molecule has 0 bridgehead atoms. The number of nitrogens with zero attached hydrogens (tertiary/aromatic N) is 1. The monoisotopic (exact) mass is 204 g/mol. The number of aromatic amines is 1. The number of nitrogens with one attached hydrogen (secondary N) is 1. The molecule has 1 aromatic rings. The van der Waals surface area contributed by atoms with E-state index in [1.807, 2.05) is 6.92 Å². The molecule has 5 heteroatoms. The third-order valence-corrected chi connectivity index (χ3v) is 2.15. The van der Waals surface area contributed by atoms with Crippen LogP contribution in [0.3, 0.4) is 0 Å². The number of halogens is 1. The molecule has 0 aliphatic heterocycles. The summed E-state index contributed by atoms with van der Waals surface area (Å²) in [5, 5.41) is 8.72. The minimum Gasteiger partial charge on any atom is -0.481 e. The Balaban J connectivity index is 0.00000144. The fourth-order valence-electron chi connectivity index (χ4n) is 0.999. The van der Waals surface area contributed by atoms with Crippen molar-refractivity contribution in [3.05, 3.63) is 18.2 Å². The van der Waals surface area contributed by atoms with Crippen LogP contribution in [-0.2, 0) is 4.79 Å². The topological polar surface area (TPSA) is 66.0 Å². The van der Waals surface area contributed by atoms with Gasteiger partial charge in [-0.25, -0.2) is 4.98 Å². The molecule has 0 aromatic carbocycles. The van der Waals surface area contributed by atoms with E-state index in [2.05, 4.69) is 9.97 Å². The first kappa shape index (κ1) is 12.0. The van der Waals surface area contributed by atoms with Crippen LogP contribution in [0, 0.1) is 5.92 Å². The molecule has 0 saturated carbocycles. The summed E-state index contributed by atoms with van der Waals surface area (Å²) in [5.41, 5.74) is 0.866. The summed E-state index contributed by atoms with van der Waals surface area (Å²) in [4.78, 5) is 17.3. The summed E-state index contributed by atoms with van der Waals surface area (Å²) in [5.74, 6) is -1.19. The van der Waals surface area contributed by atoms with E-state index >= 15 is 0 Å². The first-order chi connectivity index (χ1) is 5.63. The van der Waals surface area contributed by atoms with E-state index in [1.54, 1.807) is 19.4 Å². The van der Waals surface area contributed by atoms with Gasteiger partial charge < -0.3 is 10.1 Å². The highest BCUT2D eigenvalue weighted by Gasteiger charge is 2.21. The van der Waals surface area contributed by atoms with Crippen LogP contribution < -0.4 is 0 Å². The van der Waals surface area contributed by atoms with Crippen molar-refractivity contribution in [2.24, 2.45) is 5.92 Å². The number of H-pyrrole nitrogens is 1. The second kappa shape index (κ2) is 4.87. The van der Waals surface area contributed by atoms with Gasteiger partial charge >= 0.3 is 5.97 Å². The number of aliphatic carboxylic acids is 1. The lowest BCUT2D eigenvalue weighted by atomic mass is 9.94. The van der Waals surface area contributed by atoms with Gasteiger partial charge in [-0.3, -0.25) is 4.79 Å². The van der Waals surface area contributed by atoms with E-state index in [0.717, 1.165) is 5.69 Å². The van der Waals surface area contributed by atoms with Crippen LogP contribution in [0.25, 0.3) is 0 Å². The maximum atomic E-state index is 10.6. The van der Waals surface area contributed by atoms with Gasteiger partial charge in [-0.2, -0.15) is 0 Å². The number of hydrogen-bond acceptors (Lipinski definition) is 2. The zero-order valence-electron chi connectivity index (χ0n) is 7.52. The molecule has 0 radical (unpaired) electrons. The van der Waals surface area contributed by atoms with E-state index in [9.17, 15) is 4.79 Å². The van der Waals surface area contributed by atoms with Gasteiger partial charge in [0.05, 0.1) is 12.2 Å². The molecule has 1 heterocycles. The SMILES string of the molecule is CC(C(=O)O)C(C)c1cnc[nH]1.Cl. The molecule has 2 unspecified atom stereocenters. The average Bonchev–Trinajstić information content (AvgIpc) is 2.53. The standard InChI is InChI=1S/C8H12N2O2.ClH/c1-5(6(2)8(11)12)7-3-9-4-10-7;/h3-6H,1-2H3,(H,9,10)(H,11,12);1H. The predicted octanol–water partition coefficient (Wildman–Crippen LogP) is 1.66. The second-order valence-corrected chi connectivity index (χ2v) is 2.92. The van der Waals surface area contributed by atoms with E-state index in [-0.39, 0.29) is 24.2 Å². The summed E-state index contributed by atoms with van der Waals surface area (Å²) < 4.78 is 0. The van der Waals surface area contributed by atoms with Gasteiger partial charge in [-0.05, 0) is 0 Å². The van der Waals surface area contributed by atoms with E-state index in [1.165, 1.54) is 0 Å². The number of carboxylic acids is 1. The molecule has 0 aliphatic carbocycles. The zero-order chi connectivity index (χ0) is 9.14. The number of imidazole rings is 1. The molecular weight excluding hydrogens is 192 g/mol. The van der Waals surface area contributed by atoms with Gasteiger partial charge in [-0.15, -0.1) is 12.4 Å². The van der Waals surface area contributed by atoms with Gasteiger partial charge in [-0.1, -0.05) is 13.8 Å². The molecule has 1 rings (SSSR count). The van der Waals surface area contributed by atoms with E-state index in [0.29, 0.717) is 0 Å². The quantitative estimate of drug-likeness (QED) is 0.787. The molecule has 0 amide bonds. The Morgan fingerprint density at radius 1 is 1.62 bits per heavy atom. The van der Waals surface area contributed by atoms with Gasteiger partial charge in [0.25, 0.3) is 0 Å². The second-order valence-electron chi connectivity index (χ2n) is 2.92. The average molecular weight is 205 g/mol. The first-order valence-corrected chi connectivity index (χ1v) is 3.84. The molecule has 2 atom stereocenters. The predicted molar refractivity (Wildman–Crippen MR) is 51.1 cm³/mol. The maximum absolute atomic E-state index is 10.6. The lowest BCUT2D eigenvalue weighted by Crippen LogP contribution is -2.16. The summed E-state index contributed by atoms with van der Waals surface area (Å²) in [6, 6.07) is 0. The third kappa shape index (κ3) is 2.73. The lowest BCUT2D eigenvalue weighted by molar-refractivity contribution is -0.141. The smallest absolute Gasteiger partial charge is 0.306 e. The molecule has 0 saturated heterocycles. The fraction of sp³-hybridized carbons (Fsp3) is 0.500. The molecule has 1 aromatic heterocycles. The first-order valence-electron chi connectivity index (χ1n) is 3.84. The Labute approximate surface area is 82.8 Å². The van der Waals surface area contributed by atoms with Crippen molar-refractivity contribution in [2.45, 2.75) is 19.8 Å². The van der Waals surface area contributed by atoms with Crippen LogP contribution in [-0.4, -0.2) is 21.0 Å². The molecular formula is C8H13ClN2O2. The van der Waals surface area contributed by atoms with Crippen molar-refractivity contribution in [1.29, 1.82) is 0 Å². The van der Waals surface area contributed by atoms with Crippen molar-refractivity contribution < 1.29 is 9.90 Å². The molecule has 74 valence electrons. The maximum Gasteiger partial charge on any atom is 0.306 e. The Hall–Kier alpha value is -1.03. The van der Waals surface area contributed by atoms with Crippen molar-refractivity contribution in [3.8, 4) is 0 Å². The van der Waals surface area contributed by atoms with Crippen molar-refractivity contribution in [2.75, 3.05) is 0 Å². The van der Waals surface area contributed by atoms with Gasteiger partial charge in [0, 0.05) is 17.8 Å². The molecule has 13 heavy (non-hydrogen) atoms. The van der Waals surface area contributed by atoms with Crippen LogP contribution in [0.1, 0.15) is 25.5 Å². The summed E-state index contributed by atoms with van der Waals surface area (Å²) in [6.45, 7) is 3.56. The number of carboxylic acid groups (broad SMARTS) is 1. The largest absolute Gasteiger partial charge is 0.481 e. The van der Waals surface area contributed by atoms with E-state index in [4.69, 9.17) is 5.11 Å². The van der Waals surface area contributed by atoms with Crippen LogP contribution in [0.2, 0.25) is 0 Å². The number of hydrogen-bond donors (Lipinski definition) is 2. The van der Waals surface area contributed by atoms with Gasteiger partial charge in [0.15, 0.2) is 0 Å².